The number of hydrogen-bond acceptors (Lipinski definition) is 3. The maximum Gasteiger partial charge on any atom is 0.0108 e. The van der Waals surface area contributed by atoms with Crippen LogP contribution in [0.4, 0.5) is 0 Å². The first-order valence-corrected chi connectivity index (χ1v) is 6.64. The summed E-state index contributed by atoms with van der Waals surface area (Å²) in [5.74, 6) is 0. The lowest BCUT2D eigenvalue weighted by Gasteiger charge is -2.28. The number of nitrogens with one attached hydrogen (secondary N) is 2. The molecule has 1 heterocycles. The molecule has 1 fully saturated rings. The van der Waals surface area contributed by atoms with Gasteiger partial charge in [0, 0.05) is 45.3 Å². The molecule has 1 aliphatic heterocycles. The zero-order valence-corrected chi connectivity index (χ0v) is 10.7. The van der Waals surface area contributed by atoms with Crippen LogP contribution >= 0.6 is 0 Å². The van der Waals surface area contributed by atoms with E-state index in [4.69, 9.17) is 0 Å². The maximum absolute atomic E-state index is 3.82. The first kappa shape index (κ1) is 13.7. The van der Waals surface area contributed by atoms with Gasteiger partial charge in [0.1, 0.15) is 0 Å². The Morgan fingerprint density at radius 3 is 2.81 bits per heavy atom. The summed E-state index contributed by atoms with van der Waals surface area (Å²) < 4.78 is 0. The van der Waals surface area contributed by atoms with Gasteiger partial charge in [-0.2, -0.15) is 0 Å². The molecular formula is C13H27N3. The summed E-state index contributed by atoms with van der Waals surface area (Å²) in [5.41, 5.74) is 0. The van der Waals surface area contributed by atoms with Crippen molar-refractivity contribution >= 4 is 0 Å². The van der Waals surface area contributed by atoms with Gasteiger partial charge in [-0.25, -0.2) is 0 Å². The Hall–Kier alpha value is -0.380. The van der Waals surface area contributed by atoms with Gasteiger partial charge in [0.2, 0.25) is 0 Å². The standard InChI is InChI=1S/C13H27N3/c1-3-5-13(6-4-2)15-9-12-16-10-7-14-8-11-16/h3,13-15H,1,4-12H2,2H3. The van der Waals surface area contributed by atoms with Crippen molar-refractivity contribution in [2.24, 2.45) is 0 Å². The molecule has 1 aliphatic rings. The van der Waals surface area contributed by atoms with Crippen LogP contribution in [0, 0.1) is 0 Å². The zero-order valence-electron chi connectivity index (χ0n) is 10.7. The quantitative estimate of drug-likeness (QED) is 0.608. The molecule has 0 aromatic carbocycles. The number of piperazine rings is 1. The Kier molecular flexibility index (Phi) is 7.47. The molecule has 3 nitrogen and oxygen atoms in total. The molecule has 1 rings (SSSR count). The molecule has 16 heavy (non-hydrogen) atoms. The first-order chi connectivity index (χ1) is 7.86. The van der Waals surface area contributed by atoms with Gasteiger partial charge >= 0.3 is 0 Å². The summed E-state index contributed by atoms with van der Waals surface area (Å²) in [6.45, 7) is 13.0. The van der Waals surface area contributed by atoms with Crippen LogP contribution in [0.1, 0.15) is 26.2 Å². The number of rotatable bonds is 8. The summed E-state index contributed by atoms with van der Waals surface area (Å²) in [5, 5.41) is 7.01. The molecule has 0 amide bonds. The summed E-state index contributed by atoms with van der Waals surface area (Å²) >= 11 is 0. The average Bonchev–Trinajstić information content (AvgIpc) is 2.31. The van der Waals surface area contributed by atoms with Gasteiger partial charge in [0.15, 0.2) is 0 Å². The highest BCUT2D eigenvalue weighted by Gasteiger charge is 2.10. The smallest absolute Gasteiger partial charge is 0.0108 e. The second-order valence-electron chi connectivity index (χ2n) is 4.56. The molecule has 0 aromatic rings. The molecule has 0 aromatic heterocycles. The fourth-order valence-corrected chi connectivity index (χ4v) is 2.21. The second-order valence-corrected chi connectivity index (χ2v) is 4.56. The van der Waals surface area contributed by atoms with E-state index in [0.717, 1.165) is 26.1 Å². The predicted molar refractivity (Wildman–Crippen MR) is 70.8 cm³/mol. The van der Waals surface area contributed by atoms with Crippen LogP contribution in [0.15, 0.2) is 12.7 Å². The lowest BCUT2D eigenvalue weighted by atomic mass is 10.1. The lowest BCUT2D eigenvalue weighted by molar-refractivity contribution is 0.237. The average molecular weight is 225 g/mol. The number of nitrogens with zero attached hydrogens (tertiary/aromatic N) is 1. The Bertz CT molecular complexity index is 176. The van der Waals surface area contributed by atoms with Crippen molar-refractivity contribution in [2.45, 2.75) is 32.2 Å². The Morgan fingerprint density at radius 2 is 2.19 bits per heavy atom. The topological polar surface area (TPSA) is 27.3 Å². The van der Waals surface area contributed by atoms with E-state index in [0.29, 0.717) is 6.04 Å². The van der Waals surface area contributed by atoms with Gasteiger partial charge < -0.3 is 10.6 Å². The third-order valence-electron chi connectivity index (χ3n) is 3.16. The summed E-state index contributed by atoms with van der Waals surface area (Å²) in [6, 6.07) is 0.630. The summed E-state index contributed by atoms with van der Waals surface area (Å²) in [4.78, 5) is 2.53. The van der Waals surface area contributed by atoms with Crippen molar-refractivity contribution in [3.05, 3.63) is 12.7 Å². The van der Waals surface area contributed by atoms with Crippen molar-refractivity contribution in [1.82, 2.24) is 15.5 Å². The highest BCUT2D eigenvalue weighted by molar-refractivity contribution is 4.78. The Balaban J connectivity index is 2.08. The first-order valence-electron chi connectivity index (χ1n) is 6.64. The van der Waals surface area contributed by atoms with E-state index < -0.39 is 0 Å². The van der Waals surface area contributed by atoms with E-state index in [1.54, 1.807) is 0 Å². The third kappa shape index (κ3) is 5.64. The maximum atomic E-state index is 3.82. The molecule has 0 spiro atoms. The van der Waals surface area contributed by atoms with Gasteiger partial charge in [-0.05, 0) is 12.8 Å². The Labute approximate surface area is 100 Å². The van der Waals surface area contributed by atoms with Crippen molar-refractivity contribution in [3.8, 4) is 0 Å². The largest absolute Gasteiger partial charge is 0.314 e. The van der Waals surface area contributed by atoms with Crippen LogP contribution in [-0.2, 0) is 0 Å². The van der Waals surface area contributed by atoms with Crippen molar-refractivity contribution < 1.29 is 0 Å². The van der Waals surface area contributed by atoms with Crippen LogP contribution in [0.5, 0.6) is 0 Å². The molecule has 0 bridgehead atoms. The molecule has 0 aliphatic carbocycles. The molecule has 94 valence electrons. The number of hydrogen-bond donors (Lipinski definition) is 2. The van der Waals surface area contributed by atoms with E-state index in [1.165, 1.54) is 32.5 Å². The fraction of sp³-hybridized carbons (Fsp3) is 0.846. The minimum absolute atomic E-state index is 0.630. The normalized spacial score (nSPS) is 19.6. The van der Waals surface area contributed by atoms with Gasteiger partial charge in [-0.3, -0.25) is 4.90 Å². The second kappa shape index (κ2) is 8.74. The molecular weight excluding hydrogens is 198 g/mol. The van der Waals surface area contributed by atoms with Gasteiger partial charge in [0.25, 0.3) is 0 Å². The van der Waals surface area contributed by atoms with E-state index in [1.807, 2.05) is 6.08 Å². The summed E-state index contributed by atoms with van der Waals surface area (Å²) in [7, 11) is 0. The van der Waals surface area contributed by atoms with Crippen molar-refractivity contribution in [3.63, 3.8) is 0 Å². The van der Waals surface area contributed by atoms with Crippen molar-refractivity contribution in [2.75, 3.05) is 39.3 Å². The minimum atomic E-state index is 0.630. The monoisotopic (exact) mass is 225 g/mol. The van der Waals surface area contributed by atoms with E-state index in [9.17, 15) is 0 Å². The van der Waals surface area contributed by atoms with E-state index in [-0.39, 0.29) is 0 Å². The zero-order chi connectivity index (χ0) is 11.6. The lowest BCUT2D eigenvalue weighted by Crippen LogP contribution is -2.46. The fourth-order valence-electron chi connectivity index (χ4n) is 2.21. The van der Waals surface area contributed by atoms with E-state index in [2.05, 4.69) is 29.0 Å². The molecule has 0 radical (unpaired) electrons. The van der Waals surface area contributed by atoms with Gasteiger partial charge in [-0.15, -0.1) is 6.58 Å². The SMILES string of the molecule is C=CCC(CCC)NCCN1CCNCC1. The van der Waals surface area contributed by atoms with Crippen LogP contribution in [0.2, 0.25) is 0 Å². The molecule has 1 atom stereocenters. The van der Waals surface area contributed by atoms with E-state index >= 15 is 0 Å². The molecule has 0 saturated carbocycles. The highest BCUT2D eigenvalue weighted by atomic mass is 15.2. The van der Waals surface area contributed by atoms with Crippen LogP contribution in [0.3, 0.4) is 0 Å². The van der Waals surface area contributed by atoms with Crippen LogP contribution in [-0.4, -0.2) is 50.2 Å². The molecule has 3 heteroatoms. The molecule has 1 saturated heterocycles. The van der Waals surface area contributed by atoms with Crippen LogP contribution in [0.25, 0.3) is 0 Å². The third-order valence-corrected chi connectivity index (χ3v) is 3.16. The highest BCUT2D eigenvalue weighted by Crippen LogP contribution is 2.02. The predicted octanol–water partition coefficient (Wildman–Crippen LogP) is 1.23. The minimum Gasteiger partial charge on any atom is -0.314 e. The van der Waals surface area contributed by atoms with Crippen molar-refractivity contribution in [1.29, 1.82) is 0 Å². The molecule has 1 unspecified atom stereocenters. The van der Waals surface area contributed by atoms with Crippen LogP contribution < -0.4 is 10.6 Å². The molecule has 2 N–H and O–H groups in total. The van der Waals surface area contributed by atoms with Gasteiger partial charge in [0.05, 0.1) is 0 Å². The summed E-state index contributed by atoms with van der Waals surface area (Å²) in [6.07, 6.45) is 5.63. The Morgan fingerprint density at radius 1 is 1.44 bits per heavy atom. The van der Waals surface area contributed by atoms with Gasteiger partial charge in [-0.1, -0.05) is 19.4 Å².